The van der Waals surface area contributed by atoms with Crippen LogP contribution in [0.4, 0.5) is 17.1 Å². The molecule has 8 heteroatoms. The second-order valence-corrected chi connectivity index (χ2v) is 5.14. The van der Waals surface area contributed by atoms with Crippen molar-refractivity contribution < 1.29 is 4.92 Å². The average molecular weight is 455 g/mol. The molecule has 0 aromatic heterocycles. The van der Waals surface area contributed by atoms with Gasteiger partial charge in [0, 0.05) is 18.3 Å². The topological polar surface area (TPSA) is 106 Å². The standard InChI is InChI=1S/C17H21N5O2.HI/c1-2-13-7-9-14(10-8-13)21-17(18)20-12-11-19-15-5-3-4-6-16(15)22(23)24;/h3-10,19H,2,11-12H2,1H3,(H3,18,20,21);1H. The van der Waals surface area contributed by atoms with Crippen LogP contribution in [0.15, 0.2) is 53.5 Å². The van der Waals surface area contributed by atoms with Crippen molar-refractivity contribution in [1.29, 1.82) is 0 Å². The normalized spacial score (nSPS) is 10.7. The highest BCUT2D eigenvalue weighted by Gasteiger charge is 2.10. The first-order valence-electron chi connectivity index (χ1n) is 7.73. The SMILES string of the molecule is CCc1ccc(NC(N)=NCCNc2ccccc2[N+](=O)[O-])cc1.I. The second kappa shape index (κ2) is 10.5. The predicted molar refractivity (Wildman–Crippen MR) is 113 cm³/mol. The quantitative estimate of drug-likeness (QED) is 0.148. The van der Waals surface area contributed by atoms with E-state index in [1.54, 1.807) is 18.2 Å². The number of anilines is 2. The van der Waals surface area contributed by atoms with Crippen molar-refractivity contribution in [1.82, 2.24) is 0 Å². The van der Waals surface area contributed by atoms with Crippen molar-refractivity contribution in [2.45, 2.75) is 13.3 Å². The Balaban J connectivity index is 0.00000312. The second-order valence-electron chi connectivity index (χ2n) is 5.14. The molecular formula is C17H22IN5O2. The lowest BCUT2D eigenvalue weighted by Crippen LogP contribution is -2.23. The maximum absolute atomic E-state index is 10.9. The summed E-state index contributed by atoms with van der Waals surface area (Å²) in [5.74, 6) is 0.309. The molecule has 0 fully saturated rings. The van der Waals surface area contributed by atoms with Crippen LogP contribution in [0.2, 0.25) is 0 Å². The Morgan fingerprint density at radius 2 is 1.88 bits per heavy atom. The molecule has 134 valence electrons. The van der Waals surface area contributed by atoms with Crippen molar-refractivity contribution in [3.05, 3.63) is 64.2 Å². The van der Waals surface area contributed by atoms with Crippen LogP contribution < -0.4 is 16.4 Å². The van der Waals surface area contributed by atoms with Gasteiger partial charge >= 0.3 is 0 Å². The summed E-state index contributed by atoms with van der Waals surface area (Å²) in [7, 11) is 0. The van der Waals surface area contributed by atoms with E-state index in [2.05, 4.69) is 22.5 Å². The fraction of sp³-hybridized carbons (Fsp3) is 0.235. The van der Waals surface area contributed by atoms with Crippen LogP contribution >= 0.6 is 24.0 Å². The van der Waals surface area contributed by atoms with Crippen molar-refractivity contribution in [2.24, 2.45) is 10.7 Å². The maximum Gasteiger partial charge on any atom is 0.292 e. The van der Waals surface area contributed by atoms with E-state index < -0.39 is 4.92 Å². The summed E-state index contributed by atoms with van der Waals surface area (Å²) in [6.45, 7) is 2.95. The van der Waals surface area contributed by atoms with Gasteiger partial charge in [-0.3, -0.25) is 15.1 Å². The summed E-state index contributed by atoms with van der Waals surface area (Å²) < 4.78 is 0. The number of nitro groups is 1. The van der Waals surface area contributed by atoms with Gasteiger partial charge in [-0.05, 0) is 30.2 Å². The summed E-state index contributed by atoms with van der Waals surface area (Å²) in [5, 5.41) is 16.9. The highest BCUT2D eigenvalue weighted by Crippen LogP contribution is 2.22. The zero-order chi connectivity index (χ0) is 17.4. The number of nitrogens with two attached hydrogens (primary N) is 1. The number of rotatable bonds is 7. The molecule has 4 N–H and O–H groups in total. The van der Waals surface area contributed by atoms with Crippen molar-refractivity contribution >= 4 is 47.0 Å². The third-order valence-corrected chi connectivity index (χ3v) is 3.44. The lowest BCUT2D eigenvalue weighted by atomic mass is 10.1. The first-order chi connectivity index (χ1) is 11.6. The number of halogens is 1. The van der Waals surface area contributed by atoms with Gasteiger partial charge in [-0.2, -0.15) is 0 Å². The van der Waals surface area contributed by atoms with E-state index >= 15 is 0 Å². The Labute approximate surface area is 163 Å². The summed E-state index contributed by atoms with van der Waals surface area (Å²) in [6, 6.07) is 14.5. The molecule has 0 unspecified atom stereocenters. The molecule has 0 aliphatic carbocycles. The lowest BCUT2D eigenvalue weighted by molar-refractivity contribution is -0.384. The van der Waals surface area contributed by atoms with Crippen LogP contribution in [-0.2, 0) is 6.42 Å². The summed E-state index contributed by atoms with van der Waals surface area (Å²) in [4.78, 5) is 14.7. The third kappa shape index (κ3) is 6.57. The van der Waals surface area contributed by atoms with Crippen LogP contribution in [0.3, 0.4) is 0 Å². The van der Waals surface area contributed by atoms with Gasteiger partial charge in [0.1, 0.15) is 5.69 Å². The van der Waals surface area contributed by atoms with Crippen molar-refractivity contribution in [3.63, 3.8) is 0 Å². The summed E-state index contributed by atoms with van der Waals surface area (Å²) >= 11 is 0. The number of nitro benzene ring substituents is 1. The molecule has 2 aromatic carbocycles. The van der Waals surface area contributed by atoms with Crippen LogP contribution in [0.25, 0.3) is 0 Å². The Bertz CT molecular complexity index is 719. The van der Waals surface area contributed by atoms with Crippen LogP contribution in [0.5, 0.6) is 0 Å². The van der Waals surface area contributed by atoms with Gasteiger partial charge in [-0.15, -0.1) is 24.0 Å². The first-order valence-corrected chi connectivity index (χ1v) is 7.73. The molecule has 0 atom stereocenters. The lowest BCUT2D eigenvalue weighted by Gasteiger charge is -2.07. The van der Waals surface area contributed by atoms with E-state index in [4.69, 9.17) is 5.73 Å². The fourth-order valence-corrected chi connectivity index (χ4v) is 2.16. The molecular weight excluding hydrogens is 433 g/mol. The molecule has 7 nitrogen and oxygen atoms in total. The molecule has 25 heavy (non-hydrogen) atoms. The third-order valence-electron chi connectivity index (χ3n) is 3.44. The van der Waals surface area contributed by atoms with Gasteiger partial charge in [0.25, 0.3) is 5.69 Å². The maximum atomic E-state index is 10.9. The number of aryl methyl sites for hydroxylation is 1. The minimum Gasteiger partial charge on any atom is -0.378 e. The van der Waals surface area contributed by atoms with E-state index in [0.29, 0.717) is 24.7 Å². The molecule has 0 aliphatic rings. The summed E-state index contributed by atoms with van der Waals surface area (Å²) in [5.41, 5.74) is 8.48. The number of benzene rings is 2. The smallest absolute Gasteiger partial charge is 0.292 e. The van der Waals surface area contributed by atoms with Crippen LogP contribution in [0, 0.1) is 10.1 Å². The molecule has 0 saturated carbocycles. The van der Waals surface area contributed by atoms with E-state index in [0.717, 1.165) is 12.1 Å². The average Bonchev–Trinajstić information content (AvgIpc) is 2.59. The van der Waals surface area contributed by atoms with Gasteiger partial charge in [-0.25, -0.2) is 0 Å². The molecule has 0 saturated heterocycles. The minimum absolute atomic E-state index is 0. The molecule has 0 aliphatic heterocycles. The van der Waals surface area contributed by atoms with Crippen LogP contribution in [-0.4, -0.2) is 24.0 Å². The number of para-hydroxylation sites is 2. The van der Waals surface area contributed by atoms with Gasteiger partial charge < -0.3 is 16.4 Å². The number of hydrogen-bond donors (Lipinski definition) is 3. The molecule has 0 bridgehead atoms. The Morgan fingerprint density at radius 3 is 2.52 bits per heavy atom. The molecule has 0 heterocycles. The number of nitrogens with one attached hydrogen (secondary N) is 2. The first kappa shape index (κ1) is 20.7. The zero-order valence-corrected chi connectivity index (χ0v) is 16.3. The Hall–Kier alpha value is -2.36. The monoisotopic (exact) mass is 455 g/mol. The minimum atomic E-state index is -0.415. The fourth-order valence-electron chi connectivity index (χ4n) is 2.16. The van der Waals surface area contributed by atoms with Gasteiger partial charge in [-0.1, -0.05) is 31.2 Å². The zero-order valence-electron chi connectivity index (χ0n) is 13.9. The van der Waals surface area contributed by atoms with Crippen LogP contribution in [0.1, 0.15) is 12.5 Å². The van der Waals surface area contributed by atoms with Crippen molar-refractivity contribution in [3.8, 4) is 0 Å². The summed E-state index contributed by atoms with van der Waals surface area (Å²) in [6.07, 6.45) is 0.987. The molecule has 0 spiro atoms. The van der Waals surface area contributed by atoms with Gasteiger partial charge in [0.15, 0.2) is 5.96 Å². The van der Waals surface area contributed by atoms with Crippen molar-refractivity contribution in [2.75, 3.05) is 23.7 Å². The molecule has 0 radical (unpaired) electrons. The predicted octanol–water partition coefficient (Wildman–Crippen LogP) is 3.61. The highest BCUT2D eigenvalue weighted by atomic mass is 127. The Morgan fingerprint density at radius 1 is 1.20 bits per heavy atom. The molecule has 0 amide bonds. The molecule has 2 rings (SSSR count). The highest BCUT2D eigenvalue weighted by molar-refractivity contribution is 14.0. The van der Waals surface area contributed by atoms with Gasteiger partial charge in [0.2, 0.25) is 0 Å². The van der Waals surface area contributed by atoms with E-state index in [9.17, 15) is 10.1 Å². The largest absolute Gasteiger partial charge is 0.378 e. The van der Waals surface area contributed by atoms with E-state index in [-0.39, 0.29) is 29.7 Å². The number of aliphatic imine (C=N–C) groups is 1. The van der Waals surface area contributed by atoms with Gasteiger partial charge in [0.05, 0.1) is 11.5 Å². The molecule has 2 aromatic rings. The Kier molecular flexibility index (Phi) is 8.68. The van der Waals surface area contributed by atoms with E-state index in [1.165, 1.54) is 11.6 Å². The number of nitrogens with zero attached hydrogens (tertiary/aromatic N) is 2. The number of hydrogen-bond acceptors (Lipinski definition) is 4. The van der Waals surface area contributed by atoms with E-state index in [1.807, 2.05) is 24.3 Å². The number of guanidine groups is 1.